The molecule has 0 unspecified atom stereocenters. The SMILES string of the molecule is c1ccc(-c2nc(-c3cccc(-c4ccc5c(c4)oc4ccccc45)c3)nc(-c3ccc4ccccc4c3-c3ccccc3)n2)cc1. The number of benzene rings is 7. The number of hydrogen-bond donors (Lipinski definition) is 0. The van der Waals surface area contributed by atoms with Crippen LogP contribution in [0.2, 0.25) is 0 Å². The van der Waals surface area contributed by atoms with Gasteiger partial charge in [-0.3, -0.25) is 0 Å². The monoisotopic (exact) mass is 601 g/mol. The van der Waals surface area contributed by atoms with Gasteiger partial charge in [-0.2, -0.15) is 0 Å². The van der Waals surface area contributed by atoms with E-state index in [1.54, 1.807) is 0 Å². The van der Waals surface area contributed by atoms with Crippen molar-refractivity contribution in [2.45, 2.75) is 0 Å². The molecule has 4 heteroatoms. The Morgan fingerprint density at radius 2 is 0.936 bits per heavy atom. The number of para-hydroxylation sites is 1. The molecule has 0 atom stereocenters. The van der Waals surface area contributed by atoms with E-state index >= 15 is 0 Å². The Labute approximate surface area is 271 Å². The van der Waals surface area contributed by atoms with Crippen molar-refractivity contribution < 1.29 is 4.42 Å². The standard InChI is InChI=1S/C43H27N3O/c1-3-13-29(14-4-1)40-34-19-8-7-12-28(34)22-25-37(40)43-45-41(30-15-5-2-6-16-30)44-42(46-43)33-18-11-17-31(26-33)32-23-24-36-35-20-9-10-21-38(35)47-39(36)27-32/h1-27H. The predicted molar refractivity (Wildman–Crippen MR) is 192 cm³/mol. The second-order valence-corrected chi connectivity index (χ2v) is 11.6. The van der Waals surface area contributed by atoms with Gasteiger partial charge in [0.1, 0.15) is 11.2 Å². The molecule has 0 saturated heterocycles. The molecule has 2 heterocycles. The second kappa shape index (κ2) is 11.2. The maximum absolute atomic E-state index is 6.20. The van der Waals surface area contributed by atoms with Crippen molar-refractivity contribution in [3.63, 3.8) is 0 Å². The second-order valence-electron chi connectivity index (χ2n) is 11.6. The van der Waals surface area contributed by atoms with E-state index in [2.05, 4.69) is 109 Å². The summed E-state index contributed by atoms with van der Waals surface area (Å²) in [6.45, 7) is 0. The van der Waals surface area contributed by atoms with Crippen LogP contribution in [0.4, 0.5) is 0 Å². The van der Waals surface area contributed by atoms with E-state index in [-0.39, 0.29) is 0 Å². The molecular formula is C43H27N3O. The summed E-state index contributed by atoms with van der Waals surface area (Å²) in [6.07, 6.45) is 0. The van der Waals surface area contributed by atoms with Crippen LogP contribution < -0.4 is 0 Å². The highest BCUT2D eigenvalue weighted by molar-refractivity contribution is 6.06. The van der Waals surface area contributed by atoms with E-state index in [1.165, 1.54) is 5.39 Å². The molecule has 0 aliphatic carbocycles. The summed E-state index contributed by atoms with van der Waals surface area (Å²) in [5.74, 6) is 1.88. The number of hydrogen-bond acceptors (Lipinski definition) is 4. The maximum Gasteiger partial charge on any atom is 0.164 e. The van der Waals surface area contributed by atoms with E-state index < -0.39 is 0 Å². The Bertz CT molecular complexity index is 2570. The van der Waals surface area contributed by atoms with Gasteiger partial charge in [0.25, 0.3) is 0 Å². The van der Waals surface area contributed by atoms with E-state index in [0.717, 1.165) is 66.3 Å². The first-order chi connectivity index (χ1) is 23.3. The Morgan fingerprint density at radius 1 is 0.340 bits per heavy atom. The van der Waals surface area contributed by atoms with Gasteiger partial charge in [-0.1, -0.05) is 133 Å². The summed E-state index contributed by atoms with van der Waals surface area (Å²) in [5, 5.41) is 4.56. The zero-order chi connectivity index (χ0) is 31.2. The Hall–Kier alpha value is -6.39. The summed E-state index contributed by atoms with van der Waals surface area (Å²) in [6, 6.07) is 56.3. The van der Waals surface area contributed by atoms with Gasteiger partial charge in [0.05, 0.1) is 0 Å². The fourth-order valence-electron chi connectivity index (χ4n) is 6.46. The van der Waals surface area contributed by atoms with E-state index in [0.29, 0.717) is 17.5 Å². The van der Waals surface area contributed by atoms with Crippen molar-refractivity contribution in [3.8, 4) is 56.4 Å². The highest BCUT2D eigenvalue weighted by Crippen LogP contribution is 2.38. The normalized spacial score (nSPS) is 11.4. The van der Waals surface area contributed by atoms with Crippen molar-refractivity contribution in [1.82, 2.24) is 15.0 Å². The topological polar surface area (TPSA) is 51.8 Å². The van der Waals surface area contributed by atoms with E-state index in [9.17, 15) is 0 Å². The third-order valence-corrected chi connectivity index (χ3v) is 8.73. The average molecular weight is 602 g/mol. The summed E-state index contributed by atoms with van der Waals surface area (Å²) < 4.78 is 6.20. The molecule has 0 amide bonds. The van der Waals surface area contributed by atoms with Gasteiger partial charge in [0, 0.05) is 33.0 Å². The van der Waals surface area contributed by atoms with Crippen LogP contribution in [0.5, 0.6) is 0 Å². The number of fused-ring (bicyclic) bond motifs is 4. The summed E-state index contributed by atoms with van der Waals surface area (Å²) in [5.41, 5.74) is 8.91. The van der Waals surface area contributed by atoms with Gasteiger partial charge < -0.3 is 4.42 Å². The molecule has 0 saturated carbocycles. The molecule has 0 aliphatic rings. The molecule has 7 aromatic carbocycles. The molecule has 0 radical (unpaired) electrons. The average Bonchev–Trinajstić information content (AvgIpc) is 3.53. The van der Waals surface area contributed by atoms with Crippen LogP contribution in [-0.2, 0) is 0 Å². The van der Waals surface area contributed by atoms with Crippen molar-refractivity contribution in [2.75, 3.05) is 0 Å². The van der Waals surface area contributed by atoms with Crippen molar-refractivity contribution >= 4 is 32.7 Å². The number of furan rings is 1. The fraction of sp³-hybridized carbons (Fsp3) is 0. The molecular weight excluding hydrogens is 574 g/mol. The molecule has 4 nitrogen and oxygen atoms in total. The van der Waals surface area contributed by atoms with Crippen LogP contribution in [-0.4, -0.2) is 15.0 Å². The quantitative estimate of drug-likeness (QED) is 0.197. The number of rotatable bonds is 5. The third kappa shape index (κ3) is 4.84. The fourth-order valence-corrected chi connectivity index (χ4v) is 6.46. The van der Waals surface area contributed by atoms with E-state index in [1.807, 2.05) is 54.6 Å². The number of nitrogens with zero attached hydrogens (tertiary/aromatic N) is 3. The van der Waals surface area contributed by atoms with Crippen LogP contribution >= 0.6 is 0 Å². The van der Waals surface area contributed by atoms with Gasteiger partial charge in [-0.25, -0.2) is 15.0 Å². The van der Waals surface area contributed by atoms with Crippen LogP contribution in [0.15, 0.2) is 168 Å². The van der Waals surface area contributed by atoms with Crippen molar-refractivity contribution in [3.05, 3.63) is 164 Å². The Balaban J connectivity index is 1.23. The lowest BCUT2D eigenvalue weighted by molar-refractivity contribution is 0.669. The van der Waals surface area contributed by atoms with Crippen molar-refractivity contribution in [1.29, 1.82) is 0 Å². The zero-order valence-electron chi connectivity index (χ0n) is 25.3. The molecule has 0 aliphatic heterocycles. The molecule has 2 aromatic heterocycles. The smallest absolute Gasteiger partial charge is 0.164 e. The van der Waals surface area contributed by atoms with Gasteiger partial charge in [-0.15, -0.1) is 0 Å². The Morgan fingerprint density at radius 3 is 1.77 bits per heavy atom. The first-order valence-electron chi connectivity index (χ1n) is 15.7. The molecule has 0 bridgehead atoms. The van der Waals surface area contributed by atoms with Crippen LogP contribution in [0.25, 0.3) is 89.1 Å². The summed E-state index contributed by atoms with van der Waals surface area (Å²) >= 11 is 0. The summed E-state index contributed by atoms with van der Waals surface area (Å²) in [4.78, 5) is 15.3. The molecule has 0 fully saturated rings. The van der Waals surface area contributed by atoms with Crippen LogP contribution in [0.3, 0.4) is 0 Å². The summed E-state index contributed by atoms with van der Waals surface area (Å²) in [7, 11) is 0. The van der Waals surface area contributed by atoms with Gasteiger partial charge in [0.2, 0.25) is 0 Å². The van der Waals surface area contributed by atoms with Crippen molar-refractivity contribution in [2.24, 2.45) is 0 Å². The largest absolute Gasteiger partial charge is 0.456 e. The van der Waals surface area contributed by atoms with Crippen LogP contribution in [0.1, 0.15) is 0 Å². The highest BCUT2D eigenvalue weighted by Gasteiger charge is 2.18. The molecule has 220 valence electrons. The third-order valence-electron chi connectivity index (χ3n) is 8.73. The van der Waals surface area contributed by atoms with Crippen LogP contribution in [0, 0.1) is 0 Å². The Kier molecular flexibility index (Phi) is 6.43. The first kappa shape index (κ1) is 27.0. The van der Waals surface area contributed by atoms with E-state index in [4.69, 9.17) is 19.4 Å². The minimum Gasteiger partial charge on any atom is -0.456 e. The van der Waals surface area contributed by atoms with Gasteiger partial charge >= 0.3 is 0 Å². The van der Waals surface area contributed by atoms with Gasteiger partial charge in [-0.05, 0) is 57.8 Å². The zero-order valence-corrected chi connectivity index (χ0v) is 25.3. The lowest BCUT2D eigenvalue weighted by atomic mass is 9.93. The minimum atomic E-state index is 0.618. The molecule has 9 rings (SSSR count). The molecule has 0 spiro atoms. The molecule has 9 aromatic rings. The number of aromatic nitrogens is 3. The molecule has 47 heavy (non-hydrogen) atoms. The highest BCUT2D eigenvalue weighted by atomic mass is 16.3. The minimum absolute atomic E-state index is 0.618. The lowest BCUT2D eigenvalue weighted by Gasteiger charge is -2.15. The maximum atomic E-state index is 6.20. The lowest BCUT2D eigenvalue weighted by Crippen LogP contribution is -2.01. The van der Waals surface area contributed by atoms with Gasteiger partial charge in [0.15, 0.2) is 17.5 Å². The predicted octanol–water partition coefficient (Wildman–Crippen LogP) is 11.3. The molecule has 0 N–H and O–H groups in total. The first-order valence-corrected chi connectivity index (χ1v) is 15.7.